The second-order valence-electron chi connectivity index (χ2n) is 5.71. The minimum atomic E-state index is 0.350. The zero-order valence-electron chi connectivity index (χ0n) is 12.1. The van der Waals surface area contributed by atoms with E-state index in [-0.39, 0.29) is 0 Å². The lowest BCUT2D eigenvalue weighted by atomic mass is 10.1. The molecule has 1 aromatic carbocycles. The quantitative estimate of drug-likeness (QED) is 0.867. The summed E-state index contributed by atoms with van der Waals surface area (Å²) in [7, 11) is 0. The molecule has 2 N–H and O–H groups in total. The van der Waals surface area contributed by atoms with Crippen molar-refractivity contribution in [3.63, 3.8) is 0 Å². The zero-order chi connectivity index (χ0) is 14.7. The van der Waals surface area contributed by atoms with E-state index in [1.807, 2.05) is 12.1 Å². The molecule has 0 unspecified atom stereocenters. The number of rotatable bonds is 4. The van der Waals surface area contributed by atoms with E-state index in [2.05, 4.69) is 29.7 Å². The lowest BCUT2D eigenvalue weighted by Gasteiger charge is -2.37. The summed E-state index contributed by atoms with van der Waals surface area (Å²) in [6, 6.07) is 5.94. The maximum atomic E-state index is 6.24. The smallest absolute Gasteiger partial charge is 0.105 e. The van der Waals surface area contributed by atoms with Gasteiger partial charge >= 0.3 is 0 Å². The molecule has 2 rings (SSSR count). The molecule has 0 saturated carbocycles. The van der Waals surface area contributed by atoms with Crippen LogP contribution in [0, 0.1) is 5.92 Å². The third kappa shape index (κ3) is 3.84. The van der Waals surface area contributed by atoms with Crippen molar-refractivity contribution < 1.29 is 0 Å². The monoisotopic (exact) mass is 311 g/mol. The van der Waals surface area contributed by atoms with Crippen LogP contribution in [0.5, 0.6) is 0 Å². The number of nitrogens with zero attached hydrogens (tertiary/aromatic N) is 2. The maximum absolute atomic E-state index is 6.24. The van der Waals surface area contributed by atoms with E-state index in [1.165, 1.54) is 6.54 Å². The molecule has 1 fully saturated rings. The van der Waals surface area contributed by atoms with Gasteiger partial charge in [-0.2, -0.15) is 0 Å². The van der Waals surface area contributed by atoms with Crippen molar-refractivity contribution in [3.05, 3.63) is 28.8 Å². The summed E-state index contributed by atoms with van der Waals surface area (Å²) >= 11 is 11.2. The van der Waals surface area contributed by atoms with E-state index < -0.39 is 0 Å². The van der Waals surface area contributed by atoms with E-state index in [4.69, 9.17) is 29.6 Å². The fraction of sp³-hybridized carbons (Fsp3) is 0.533. The van der Waals surface area contributed by atoms with E-state index in [1.54, 1.807) is 0 Å². The Morgan fingerprint density at radius 3 is 2.45 bits per heavy atom. The van der Waals surface area contributed by atoms with Gasteiger partial charge in [-0.1, -0.05) is 37.7 Å². The second-order valence-corrected chi connectivity index (χ2v) is 6.56. The molecule has 0 spiro atoms. The lowest BCUT2D eigenvalue weighted by Crippen LogP contribution is -2.47. The Balaban J connectivity index is 2.00. The normalized spacial score (nSPS) is 16.7. The topological polar surface area (TPSA) is 32.5 Å². The molecule has 0 bridgehead atoms. The van der Waals surface area contributed by atoms with E-state index in [0.717, 1.165) is 43.3 Å². The average Bonchev–Trinajstić information content (AvgIpc) is 2.38. The molecule has 0 atom stereocenters. The van der Waals surface area contributed by atoms with Crippen molar-refractivity contribution >= 4 is 34.5 Å². The molecule has 1 saturated heterocycles. The van der Waals surface area contributed by atoms with Gasteiger partial charge in [-0.15, -0.1) is 0 Å². The van der Waals surface area contributed by atoms with Crippen molar-refractivity contribution in [1.82, 2.24) is 4.90 Å². The van der Waals surface area contributed by atoms with Crippen LogP contribution in [0.1, 0.15) is 19.4 Å². The molecule has 0 aliphatic carbocycles. The van der Waals surface area contributed by atoms with Crippen LogP contribution < -0.4 is 10.6 Å². The van der Waals surface area contributed by atoms with Crippen LogP contribution in [0.2, 0.25) is 5.02 Å². The third-order valence-electron chi connectivity index (χ3n) is 3.58. The summed E-state index contributed by atoms with van der Waals surface area (Å²) in [6.45, 7) is 9.99. The van der Waals surface area contributed by atoms with Gasteiger partial charge in [0.05, 0.1) is 5.02 Å². The SMILES string of the molecule is CC(C)CN1CCN(c2ccc(C(N)=S)c(Cl)c2)CC1. The predicted molar refractivity (Wildman–Crippen MR) is 90.8 cm³/mol. The zero-order valence-corrected chi connectivity index (χ0v) is 13.7. The summed E-state index contributed by atoms with van der Waals surface area (Å²) in [4.78, 5) is 5.24. The Hall–Kier alpha value is -0.840. The predicted octanol–water partition coefficient (Wildman–Crippen LogP) is 2.75. The fourth-order valence-electron chi connectivity index (χ4n) is 2.61. The molecule has 20 heavy (non-hydrogen) atoms. The standard InChI is InChI=1S/C15H22ClN3S/c1-11(2)10-18-5-7-19(8-6-18)12-3-4-13(15(17)20)14(16)9-12/h3-4,9,11H,5-8,10H2,1-2H3,(H2,17,20). The Bertz CT molecular complexity index is 482. The minimum absolute atomic E-state index is 0.350. The number of benzene rings is 1. The number of nitrogens with two attached hydrogens (primary N) is 1. The van der Waals surface area contributed by atoms with Crippen molar-refractivity contribution in [2.75, 3.05) is 37.6 Å². The van der Waals surface area contributed by atoms with Gasteiger partial charge in [0.1, 0.15) is 4.99 Å². The van der Waals surface area contributed by atoms with Crippen molar-refractivity contribution in [3.8, 4) is 0 Å². The molecular formula is C15H22ClN3S. The molecule has 1 aliphatic heterocycles. The van der Waals surface area contributed by atoms with E-state index >= 15 is 0 Å². The molecule has 1 aromatic rings. The largest absolute Gasteiger partial charge is 0.389 e. The first kappa shape index (κ1) is 15.5. The van der Waals surface area contributed by atoms with Crippen molar-refractivity contribution in [2.45, 2.75) is 13.8 Å². The van der Waals surface area contributed by atoms with Crippen LogP contribution in [0.25, 0.3) is 0 Å². The molecule has 0 aromatic heterocycles. The van der Waals surface area contributed by atoms with Gasteiger partial charge in [0, 0.05) is 44.0 Å². The lowest BCUT2D eigenvalue weighted by molar-refractivity contribution is 0.231. The highest BCUT2D eigenvalue weighted by molar-refractivity contribution is 7.80. The number of hydrogen-bond donors (Lipinski definition) is 1. The third-order valence-corrected chi connectivity index (χ3v) is 4.11. The highest BCUT2D eigenvalue weighted by atomic mass is 35.5. The van der Waals surface area contributed by atoms with Crippen LogP contribution in [0.4, 0.5) is 5.69 Å². The van der Waals surface area contributed by atoms with Gasteiger partial charge in [0.15, 0.2) is 0 Å². The molecule has 1 aliphatic rings. The summed E-state index contributed by atoms with van der Waals surface area (Å²) in [5.41, 5.74) is 7.54. The minimum Gasteiger partial charge on any atom is -0.389 e. The van der Waals surface area contributed by atoms with Crippen LogP contribution in [-0.4, -0.2) is 42.6 Å². The Kier molecular flexibility index (Phi) is 5.24. The summed E-state index contributed by atoms with van der Waals surface area (Å²) < 4.78 is 0. The first-order valence-corrected chi connectivity index (χ1v) is 7.82. The molecule has 5 heteroatoms. The number of halogens is 1. The first-order chi connectivity index (χ1) is 9.47. The summed E-state index contributed by atoms with van der Waals surface area (Å²) in [5, 5.41) is 0.639. The Morgan fingerprint density at radius 1 is 1.30 bits per heavy atom. The summed E-state index contributed by atoms with van der Waals surface area (Å²) in [6.07, 6.45) is 0. The Labute approximate surface area is 131 Å². The molecule has 0 amide bonds. The van der Waals surface area contributed by atoms with Gasteiger partial charge in [-0.05, 0) is 24.1 Å². The highest BCUT2D eigenvalue weighted by Crippen LogP contribution is 2.24. The number of piperazine rings is 1. The van der Waals surface area contributed by atoms with Crippen molar-refractivity contribution in [1.29, 1.82) is 0 Å². The maximum Gasteiger partial charge on any atom is 0.105 e. The number of thiocarbonyl (C=S) groups is 1. The van der Waals surface area contributed by atoms with Crippen LogP contribution in [0.3, 0.4) is 0 Å². The molecule has 1 heterocycles. The van der Waals surface area contributed by atoms with Gasteiger partial charge in [-0.3, -0.25) is 4.90 Å². The molecule has 110 valence electrons. The first-order valence-electron chi connectivity index (χ1n) is 7.04. The van der Waals surface area contributed by atoms with Gasteiger partial charge in [-0.25, -0.2) is 0 Å². The van der Waals surface area contributed by atoms with Crippen LogP contribution >= 0.6 is 23.8 Å². The number of hydrogen-bond acceptors (Lipinski definition) is 3. The Morgan fingerprint density at radius 2 is 1.95 bits per heavy atom. The molecular weight excluding hydrogens is 290 g/mol. The highest BCUT2D eigenvalue weighted by Gasteiger charge is 2.18. The molecule has 0 radical (unpaired) electrons. The fourth-order valence-corrected chi connectivity index (χ4v) is 3.12. The van der Waals surface area contributed by atoms with E-state index in [9.17, 15) is 0 Å². The van der Waals surface area contributed by atoms with Crippen LogP contribution in [0.15, 0.2) is 18.2 Å². The van der Waals surface area contributed by atoms with E-state index in [0.29, 0.717) is 10.0 Å². The van der Waals surface area contributed by atoms with Gasteiger partial charge in [0.25, 0.3) is 0 Å². The van der Waals surface area contributed by atoms with Gasteiger partial charge in [0.2, 0.25) is 0 Å². The second kappa shape index (κ2) is 6.74. The van der Waals surface area contributed by atoms with Crippen molar-refractivity contribution in [2.24, 2.45) is 11.7 Å². The average molecular weight is 312 g/mol. The summed E-state index contributed by atoms with van der Waals surface area (Å²) in [5.74, 6) is 0.723. The molecule has 3 nitrogen and oxygen atoms in total. The van der Waals surface area contributed by atoms with Gasteiger partial charge < -0.3 is 10.6 Å². The van der Waals surface area contributed by atoms with Crippen LogP contribution in [-0.2, 0) is 0 Å². The number of anilines is 1.